The van der Waals surface area contributed by atoms with Crippen molar-refractivity contribution >= 4 is 23.7 Å². The van der Waals surface area contributed by atoms with E-state index in [0.29, 0.717) is 5.75 Å². The lowest BCUT2D eigenvalue weighted by Gasteiger charge is -2.34. The zero-order chi connectivity index (χ0) is 17.3. The van der Waals surface area contributed by atoms with E-state index in [9.17, 15) is 4.79 Å². The van der Waals surface area contributed by atoms with Crippen molar-refractivity contribution in [2.45, 2.75) is 4.90 Å². The molecule has 1 fully saturated rings. The second-order valence-electron chi connectivity index (χ2n) is 6.10. The largest absolute Gasteiger partial charge is 0.339 e. The molecular formula is C21H24N2OS. The van der Waals surface area contributed by atoms with E-state index in [1.807, 2.05) is 29.2 Å². The van der Waals surface area contributed by atoms with Crippen molar-refractivity contribution in [1.82, 2.24) is 9.80 Å². The Balaban J connectivity index is 1.38. The number of nitrogens with zero attached hydrogens (tertiary/aromatic N) is 2. The number of benzene rings is 2. The van der Waals surface area contributed by atoms with Gasteiger partial charge in [0, 0.05) is 37.6 Å². The fourth-order valence-electron chi connectivity index (χ4n) is 2.83. The van der Waals surface area contributed by atoms with E-state index in [-0.39, 0.29) is 5.91 Å². The Labute approximate surface area is 154 Å². The van der Waals surface area contributed by atoms with Crippen molar-refractivity contribution in [3.05, 3.63) is 72.3 Å². The van der Waals surface area contributed by atoms with Gasteiger partial charge in [-0.25, -0.2) is 0 Å². The van der Waals surface area contributed by atoms with E-state index in [4.69, 9.17) is 0 Å². The van der Waals surface area contributed by atoms with Crippen LogP contribution in [0.25, 0.3) is 6.08 Å². The fourth-order valence-corrected chi connectivity index (χ4v) is 3.66. The Bertz CT molecular complexity index is 680. The van der Waals surface area contributed by atoms with E-state index >= 15 is 0 Å². The molecule has 4 heteroatoms. The highest BCUT2D eigenvalue weighted by Gasteiger charge is 2.20. The van der Waals surface area contributed by atoms with Crippen LogP contribution in [0, 0.1) is 0 Å². The third-order valence-corrected chi connectivity index (χ3v) is 5.30. The van der Waals surface area contributed by atoms with Crippen LogP contribution in [0.3, 0.4) is 0 Å². The SMILES string of the molecule is O=C(CSc1ccccc1)N1CCN(C/C=C/c2ccccc2)CC1. The summed E-state index contributed by atoms with van der Waals surface area (Å²) < 4.78 is 0. The van der Waals surface area contributed by atoms with Gasteiger partial charge in [-0.15, -0.1) is 11.8 Å². The lowest BCUT2D eigenvalue weighted by atomic mass is 10.2. The van der Waals surface area contributed by atoms with Gasteiger partial charge in [0.2, 0.25) is 5.91 Å². The molecule has 0 bridgehead atoms. The Morgan fingerprint density at radius 3 is 2.24 bits per heavy atom. The molecule has 1 heterocycles. The van der Waals surface area contributed by atoms with Crippen molar-refractivity contribution in [2.75, 3.05) is 38.5 Å². The van der Waals surface area contributed by atoms with Crippen LogP contribution in [-0.4, -0.2) is 54.2 Å². The number of rotatable bonds is 6. The maximum atomic E-state index is 12.3. The maximum absolute atomic E-state index is 12.3. The van der Waals surface area contributed by atoms with E-state index < -0.39 is 0 Å². The molecule has 130 valence electrons. The Morgan fingerprint density at radius 2 is 1.56 bits per heavy atom. The zero-order valence-electron chi connectivity index (χ0n) is 14.4. The first-order chi connectivity index (χ1) is 12.3. The molecule has 25 heavy (non-hydrogen) atoms. The Morgan fingerprint density at radius 1 is 0.920 bits per heavy atom. The standard InChI is InChI=1S/C21H24N2OS/c24-21(18-25-20-11-5-2-6-12-20)23-16-14-22(15-17-23)13-7-10-19-8-3-1-4-9-19/h1-12H,13-18H2/b10-7+. The van der Waals surface area contributed by atoms with Crippen molar-refractivity contribution in [1.29, 1.82) is 0 Å². The molecule has 0 atom stereocenters. The van der Waals surface area contributed by atoms with Crippen LogP contribution in [0.2, 0.25) is 0 Å². The predicted octanol–water partition coefficient (Wildman–Crippen LogP) is 3.64. The van der Waals surface area contributed by atoms with E-state index in [0.717, 1.165) is 37.6 Å². The summed E-state index contributed by atoms with van der Waals surface area (Å²) >= 11 is 1.62. The highest BCUT2D eigenvalue weighted by molar-refractivity contribution is 8.00. The van der Waals surface area contributed by atoms with Crippen LogP contribution in [0.5, 0.6) is 0 Å². The summed E-state index contributed by atoms with van der Waals surface area (Å²) in [6.07, 6.45) is 4.37. The molecule has 0 spiro atoms. The van der Waals surface area contributed by atoms with Crippen LogP contribution in [0.15, 0.2) is 71.6 Å². The second-order valence-corrected chi connectivity index (χ2v) is 7.14. The van der Waals surface area contributed by atoms with Gasteiger partial charge in [0.15, 0.2) is 0 Å². The molecule has 0 aromatic heterocycles. The molecule has 0 aliphatic carbocycles. The number of hydrogen-bond acceptors (Lipinski definition) is 3. The summed E-state index contributed by atoms with van der Waals surface area (Å²) in [7, 11) is 0. The number of thioether (sulfide) groups is 1. The first kappa shape index (κ1) is 17.8. The van der Waals surface area contributed by atoms with Crippen molar-refractivity contribution in [2.24, 2.45) is 0 Å². The lowest BCUT2D eigenvalue weighted by Crippen LogP contribution is -2.49. The van der Waals surface area contributed by atoms with Gasteiger partial charge in [0.1, 0.15) is 0 Å². The molecule has 0 saturated carbocycles. The topological polar surface area (TPSA) is 23.6 Å². The molecule has 0 radical (unpaired) electrons. The van der Waals surface area contributed by atoms with Gasteiger partial charge in [0.25, 0.3) is 0 Å². The number of carbonyl (C=O) groups excluding carboxylic acids is 1. The highest BCUT2D eigenvalue weighted by atomic mass is 32.2. The molecule has 3 nitrogen and oxygen atoms in total. The van der Waals surface area contributed by atoms with E-state index in [1.54, 1.807) is 11.8 Å². The lowest BCUT2D eigenvalue weighted by molar-refractivity contribution is -0.129. The quantitative estimate of drug-likeness (QED) is 0.742. The Hall–Kier alpha value is -2.04. The van der Waals surface area contributed by atoms with Crippen LogP contribution in [-0.2, 0) is 4.79 Å². The zero-order valence-corrected chi connectivity index (χ0v) is 15.2. The molecular weight excluding hydrogens is 328 g/mol. The van der Waals surface area contributed by atoms with Gasteiger partial charge in [0.05, 0.1) is 5.75 Å². The molecule has 2 aromatic carbocycles. The third kappa shape index (κ3) is 5.76. The fraction of sp³-hybridized carbons (Fsp3) is 0.286. The van der Waals surface area contributed by atoms with Crippen molar-refractivity contribution < 1.29 is 4.79 Å². The summed E-state index contributed by atoms with van der Waals surface area (Å²) in [5.41, 5.74) is 1.23. The number of carbonyl (C=O) groups is 1. The second kappa shape index (κ2) is 9.44. The summed E-state index contributed by atoms with van der Waals surface area (Å²) in [5, 5.41) is 0. The van der Waals surface area contributed by atoms with Gasteiger partial charge < -0.3 is 4.90 Å². The van der Waals surface area contributed by atoms with Crippen molar-refractivity contribution in [3.8, 4) is 0 Å². The molecule has 1 saturated heterocycles. The predicted molar refractivity (Wildman–Crippen MR) is 106 cm³/mol. The first-order valence-corrected chi connectivity index (χ1v) is 9.69. The number of piperazine rings is 1. The van der Waals surface area contributed by atoms with E-state index in [1.165, 1.54) is 5.56 Å². The third-order valence-electron chi connectivity index (χ3n) is 4.30. The van der Waals surface area contributed by atoms with Gasteiger partial charge in [-0.2, -0.15) is 0 Å². The Kier molecular flexibility index (Phi) is 6.71. The normalized spacial score (nSPS) is 15.6. The number of amides is 1. The van der Waals surface area contributed by atoms with Crippen LogP contribution >= 0.6 is 11.8 Å². The van der Waals surface area contributed by atoms with Crippen LogP contribution < -0.4 is 0 Å². The van der Waals surface area contributed by atoms with E-state index in [2.05, 4.69) is 53.5 Å². The summed E-state index contributed by atoms with van der Waals surface area (Å²) in [5.74, 6) is 0.770. The minimum Gasteiger partial charge on any atom is -0.339 e. The summed E-state index contributed by atoms with van der Waals surface area (Å²) in [6.45, 7) is 4.48. The van der Waals surface area contributed by atoms with Gasteiger partial charge >= 0.3 is 0 Å². The molecule has 3 rings (SSSR count). The van der Waals surface area contributed by atoms with Gasteiger partial charge in [-0.05, 0) is 17.7 Å². The first-order valence-electron chi connectivity index (χ1n) is 8.71. The average Bonchev–Trinajstić information content (AvgIpc) is 2.68. The van der Waals surface area contributed by atoms with Gasteiger partial charge in [-0.1, -0.05) is 60.7 Å². The van der Waals surface area contributed by atoms with Crippen LogP contribution in [0.1, 0.15) is 5.56 Å². The molecule has 1 amide bonds. The number of hydrogen-bond donors (Lipinski definition) is 0. The molecule has 0 N–H and O–H groups in total. The minimum absolute atomic E-state index is 0.244. The highest BCUT2D eigenvalue weighted by Crippen LogP contribution is 2.17. The minimum atomic E-state index is 0.244. The van der Waals surface area contributed by atoms with Gasteiger partial charge in [-0.3, -0.25) is 9.69 Å². The molecule has 1 aliphatic heterocycles. The summed E-state index contributed by atoms with van der Waals surface area (Å²) in [6, 6.07) is 20.5. The average molecular weight is 353 g/mol. The monoisotopic (exact) mass is 352 g/mol. The van der Waals surface area contributed by atoms with Crippen LogP contribution in [0.4, 0.5) is 0 Å². The summed E-state index contributed by atoms with van der Waals surface area (Å²) in [4.78, 5) is 17.9. The van der Waals surface area contributed by atoms with Crippen molar-refractivity contribution in [3.63, 3.8) is 0 Å². The maximum Gasteiger partial charge on any atom is 0.233 e. The molecule has 2 aromatic rings. The molecule has 1 aliphatic rings. The smallest absolute Gasteiger partial charge is 0.233 e. The molecule has 0 unspecified atom stereocenters.